The monoisotopic (exact) mass is 263 g/mol. The van der Waals surface area contributed by atoms with E-state index < -0.39 is 0 Å². The molecule has 0 bridgehead atoms. The second-order valence-electron chi connectivity index (χ2n) is 5.61. The normalized spacial score (nSPS) is 11.0. The molecule has 19 heavy (non-hydrogen) atoms. The van der Waals surface area contributed by atoms with Crippen LogP contribution in [0.15, 0.2) is 6.07 Å². The van der Waals surface area contributed by atoms with Gasteiger partial charge < -0.3 is 5.32 Å². The number of nitrogens with zero attached hydrogens (tertiary/aromatic N) is 2. The Kier molecular flexibility index (Phi) is 7.46. The lowest BCUT2D eigenvalue weighted by Crippen LogP contribution is -2.08. The zero-order valence-electron chi connectivity index (χ0n) is 13.0. The van der Waals surface area contributed by atoms with Gasteiger partial charge in [0.15, 0.2) is 0 Å². The molecule has 1 rings (SSSR count). The van der Waals surface area contributed by atoms with Crippen LogP contribution in [0.4, 0.5) is 5.95 Å². The van der Waals surface area contributed by atoms with Gasteiger partial charge in [-0.15, -0.1) is 0 Å². The Balaban J connectivity index is 2.29. The Morgan fingerprint density at radius 3 is 2.42 bits per heavy atom. The van der Waals surface area contributed by atoms with Crippen LogP contribution in [0, 0.1) is 6.92 Å². The molecule has 0 fully saturated rings. The predicted molar refractivity (Wildman–Crippen MR) is 82.7 cm³/mol. The van der Waals surface area contributed by atoms with Crippen molar-refractivity contribution in [3.63, 3.8) is 0 Å². The molecule has 1 heterocycles. The van der Waals surface area contributed by atoms with Crippen LogP contribution in [0.2, 0.25) is 0 Å². The highest BCUT2D eigenvalue weighted by molar-refractivity contribution is 5.28. The maximum Gasteiger partial charge on any atom is 0.223 e. The summed E-state index contributed by atoms with van der Waals surface area (Å²) in [7, 11) is 0. The van der Waals surface area contributed by atoms with E-state index >= 15 is 0 Å². The molecule has 3 nitrogen and oxygen atoms in total. The summed E-state index contributed by atoms with van der Waals surface area (Å²) in [4.78, 5) is 9.00. The van der Waals surface area contributed by atoms with E-state index in [0.29, 0.717) is 5.92 Å². The van der Waals surface area contributed by atoms with Gasteiger partial charge in [-0.1, -0.05) is 52.9 Å². The molecule has 0 aliphatic carbocycles. The smallest absolute Gasteiger partial charge is 0.223 e. The van der Waals surface area contributed by atoms with Crippen LogP contribution >= 0.6 is 0 Å². The first kappa shape index (κ1) is 15.9. The summed E-state index contributed by atoms with van der Waals surface area (Å²) in [6.07, 6.45) is 7.91. The van der Waals surface area contributed by atoms with Crippen molar-refractivity contribution in [1.82, 2.24) is 9.97 Å². The number of anilines is 1. The largest absolute Gasteiger partial charge is 0.354 e. The quantitative estimate of drug-likeness (QED) is 0.657. The van der Waals surface area contributed by atoms with Crippen LogP contribution < -0.4 is 5.32 Å². The second-order valence-corrected chi connectivity index (χ2v) is 5.61. The fraction of sp³-hybridized carbons (Fsp3) is 0.750. The lowest BCUT2D eigenvalue weighted by molar-refractivity contribution is 0.616. The number of rotatable bonds is 9. The van der Waals surface area contributed by atoms with Crippen LogP contribution in [0.3, 0.4) is 0 Å². The summed E-state index contributed by atoms with van der Waals surface area (Å²) in [6.45, 7) is 9.60. The Labute approximate surface area is 118 Å². The lowest BCUT2D eigenvalue weighted by Gasteiger charge is -2.10. The fourth-order valence-corrected chi connectivity index (χ4v) is 2.07. The lowest BCUT2D eigenvalue weighted by atomic mass is 10.1. The van der Waals surface area contributed by atoms with Crippen LogP contribution in [0.1, 0.15) is 76.6 Å². The summed E-state index contributed by atoms with van der Waals surface area (Å²) in [5.74, 6) is 1.24. The first-order valence-corrected chi connectivity index (χ1v) is 7.73. The van der Waals surface area contributed by atoms with E-state index in [2.05, 4.69) is 42.1 Å². The summed E-state index contributed by atoms with van der Waals surface area (Å²) >= 11 is 0. The third-order valence-corrected chi connectivity index (χ3v) is 3.28. The Hall–Kier alpha value is -1.12. The van der Waals surface area contributed by atoms with Crippen LogP contribution in [0.25, 0.3) is 0 Å². The van der Waals surface area contributed by atoms with Crippen molar-refractivity contribution in [2.75, 3.05) is 11.9 Å². The molecule has 0 spiro atoms. The van der Waals surface area contributed by atoms with Gasteiger partial charge in [-0.25, -0.2) is 9.97 Å². The highest BCUT2D eigenvalue weighted by Crippen LogP contribution is 2.14. The molecule has 0 saturated heterocycles. The molecule has 1 aromatic rings. The van der Waals surface area contributed by atoms with E-state index in [4.69, 9.17) is 0 Å². The molecule has 3 heteroatoms. The summed E-state index contributed by atoms with van der Waals surface area (Å²) < 4.78 is 0. The van der Waals surface area contributed by atoms with Crippen molar-refractivity contribution in [3.05, 3.63) is 17.5 Å². The van der Waals surface area contributed by atoms with Crippen molar-refractivity contribution < 1.29 is 0 Å². The van der Waals surface area contributed by atoms with Gasteiger partial charge in [0.2, 0.25) is 5.95 Å². The van der Waals surface area contributed by atoms with Gasteiger partial charge in [0.05, 0.1) is 0 Å². The maximum absolute atomic E-state index is 4.56. The minimum absolute atomic E-state index is 0.455. The van der Waals surface area contributed by atoms with E-state index in [0.717, 1.165) is 23.9 Å². The number of hydrogen-bond donors (Lipinski definition) is 1. The molecule has 0 atom stereocenters. The van der Waals surface area contributed by atoms with Gasteiger partial charge in [-0.3, -0.25) is 0 Å². The minimum Gasteiger partial charge on any atom is -0.354 e. The third kappa shape index (κ3) is 6.55. The standard InChI is InChI=1S/C16H29N3/c1-5-6-7-8-9-10-11-17-16-18-14(4)12-15(19-16)13(2)3/h12-13H,5-11H2,1-4H3,(H,17,18,19). The molecule has 0 unspecified atom stereocenters. The molecular formula is C16H29N3. The Morgan fingerprint density at radius 1 is 1.05 bits per heavy atom. The molecule has 1 N–H and O–H groups in total. The van der Waals surface area contributed by atoms with E-state index in [1.807, 2.05) is 6.92 Å². The number of aromatic nitrogens is 2. The maximum atomic E-state index is 4.56. The van der Waals surface area contributed by atoms with Crippen LogP contribution in [-0.4, -0.2) is 16.5 Å². The van der Waals surface area contributed by atoms with Gasteiger partial charge in [0.25, 0.3) is 0 Å². The van der Waals surface area contributed by atoms with E-state index in [-0.39, 0.29) is 0 Å². The summed E-state index contributed by atoms with van der Waals surface area (Å²) in [6, 6.07) is 2.07. The third-order valence-electron chi connectivity index (χ3n) is 3.28. The van der Waals surface area contributed by atoms with Gasteiger partial charge >= 0.3 is 0 Å². The molecule has 108 valence electrons. The minimum atomic E-state index is 0.455. The Bertz CT molecular complexity index is 361. The summed E-state index contributed by atoms with van der Waals surface area (Å²) in [5.41, 5.74) is 2.17. The zero-order chi connectivity index (χ0) is 14.1. The highest BCUT2D eigenvalue weighted by Gasteiger charge is 2.05. The average Bonchev–Trinajstić information content (AvgIpc) is 2.37. The molecule has 0 aromatic carbocycles. The first-order valence-electron chi connectivity index (χ1n) is 7.73. The zero-order valence-corrected chi connectivity index (χ0v) is 13.0. The molecule has 0 saturated carbocycles. The second kappa shape index (κ2) is 8.89. The topological polar surface area (TPSA) is 37.8 Å². The summed E-state index contributed by atoms with van der Waals surface area (Å²) in [5, 5.41) is 3.35. The van der Waals surface area contributed by atoms with Crippen molar-refractivity contribution >= 4 is 5.95 Å². The first-order chi connectivity index (χ1) is 9.13. The van der Waals surface area contributed by atoms with Crippen molar-refractivity contribution in [2.24, 2.45) is 0 Å². The molecular weight excluding hydrogens is 234 g/mol. The van der Waals surface area contributed by atoms with Crippen molar-refractivity contribution in [3.8, 4) is 0 Å². The van der Waals surface area contributed by atoms with E-state index in [1.54, 1.807) is 0 Å². The van der Waals surface area contributed by atoms with Crippen LogP contribution in [0.5, 0.6) is 0 Å². The average molecular weight is 263 g/mol. The molecule has 0 aliphatic heterocycles. The van der Waals surface area contributed by atoms with Gasteiger partial charge in [-0.2, -0.15) is 0 Å². The molecule has 0 amide bonds. The SMILES string of the molecule is CCCCCCCCNc1nc(C)cc(C(C)C)n1. The molecule has 0 aliphatic rings. The number of nitrogens with one attached hydrogen (secondary N) is 1. The van der Waals surface area contributed by atoms with Gasteiger partial charge in [-0.05, 0) is 25.3 Å². The fourth-order valence-electron chi connectivity index (χ4n) is 2.07. The van der Waals surface area contributed by atoms with Crippen molar-refractivity contribution in [2.45, 2.75) is 72.1 Å². The highest BCUT2D eigenvalue weighted by atomic mass is 15.1. The number of aryl methyl sites for hydroxylation is 1. The number of unbranched alkanes of at least 4 members (excludes halogenated alkanes) is 5. The van der Waals surface area contributed by atoms with Crippen molar-refractivity contribution in [1.29, 1.82) is 0 Å². The number of hydrogen-bond acceptors (Lipinski definition) is 3. The Morgan fingerprint density at radius 2 is 1.74 bits per heavy atom. The molecule has 0 radical (unpaired) electrons. The van der Waals surface area contributed by atoms with Crippen LogP contribution in [-0.2, 0) is 0 Å². The van der Waals surface area contributed by atoms with E-state index in [9.17, 15) is 0 Å². The van der Waals surface area contributed by atoms with E-state index in [1.165, 1.54) is 38.5 Å². The van der Waals surface area contributed by atoms with Gasteiger partial charge in [0.1, 0.15) is 0 Å². The predicted octanol–water partition coefficient (Wildman–Crippen LogP) is 4.68. The van der Waals surface area contributed by atoms with Gasteiger partial charge in [0, 0.05) is 17.9 Å². The molecule has 1 aromatic heterocycles.